The van der Waals surface area contributed by atoms with Gasteiger partial charge in [0.1, 0.15) is 5.82 Å². The van der Waals surface area contributed by atoms with Crippen molar-refractivity contribution >= 4 is 0 Å². The van der Waals surface area contributed by atoms with Gasteiger partial charge < -0.3 is 10.1 Å². The van der Waals surface area contributed by atoms with E-state index in [1.165, 1.54) is 19.3 Å². The number of methoxy groups -OCH3 is 1. The van der Waals surface area contributed by atoms with Crippen LogP contribution in [0, 0.1) is 0 Å². The molecule has 1 aliphatic heterocycles. The topological polar surface area (TPSA) is 47.0 Å². The molecule has 0 aromatic carbocycles. The van der Waals surface area contributed by atoms with Crippen molar-refractivity contribution in [2.24, 2.45) is 0 Å². The van der Waals surface area contributed by atoms with Crippen LogP contribution in [-0.2, 0) is 11.8 Å². The van der Waals surface area contributed by atoms with Gasteiger partial charge in [0, 0.05) is 23.9 Å². The lowest BCUT2D eigenvalue weighted by Crippen LogP contribution is -2.36. The summed E-state index contributed by atoms with van der Waals surface area (Å²) in [5.41, 5.74) is 1.07. The Kier molecular flexibility index (Phi) is 4.40. The molecule has 2 heterocycles. The minimum Gasteiger partial charge on any atom is -0.481 e. The summed E-state index contributed by atoms with van der Waals surface area (Å²) in [6.45, 7) is 7.60. The van der Waals surface area contributed by atoms with Crippen molar-refractivity contribution in [1.29, 1.82) is 0 Å². The Morgan fingerprint density at radius 3 is 2.68 bits per heavy atom. The summed E-state index contributed by atoms with van der Waals surface area (Å²) < 4.78 is 5.31. The molecule has 1 atom stereocenters. The first-order valence-corrected chi connectivity index (χ1v) is 7.15. The quantitative estimate of drug-likeness (QED) is 0.910. The number of ether oxygens (including phenoxy) is 1. The Balaban J connectivity index is 2.19. The Bertz CT molecular complexity index is 420. The van der Waals surface area contributed by atoms with Gasteiger partial charge in [0.05, 0.1) is 12.8 Å². The van der Waals surface area contributed by atoms with E-state index in [4.69, 9.17) is 9.72 Å². The van der Waals surface area contributed by atoms with Crippen molar-refractivity contribution < 1.29 is 4.74 Å². The fourth-order valence-electron chi connectivity index (χ4n) is 2.37. The zero-order valence-corrected chi connectivity index (χ0v) is 12.5. The van der Waals surface area contributed by atoms with Crippen LogP contribution < -0.4 is 10.1 Å². The SMILES string of the molecule is COc1cc(C(C)(C)C)nc(CC2CCCCN2)n1. The highest BCUT2D eigenvalue weighted by atomic mass is 16.5. The van der Waals surface area contributed by atoms with Gasteiger partial charge in [0.2, 0.25) is 5.88 Å². The summed E-state index contributed by atoms with van der Waals surface area (Å²) in [6, 6.07) is 2.45. The van der Waals surface area contributed by atoms with Crippen molar-refractivity contribution in [3.8, 4) is 5.88 Å². The van der Waals surface area contributed by atoms with Gasteiger partial charge in [-0.1, -0.05) is 27.2 Å². The van der Waals surface area contributed by atoms with E-state index in [-0.39, 0.29) is 5.41 Å². The lowest BCUT2D eigenvalue weighted by molar-refractivity contribution is 0.376. The van der Waals surface area contributed by atoms with Gasteiger partial charge in [-0.3, -0.25) is 0 Å². The van der Waals surface area contributed by atoms with E-state index in [9.17, 15) is 0 Å². The Morgan fingerprint density at radius 2 is 2.11 bits per heavy atom. The molecule has 0 amide bonds. The van der Waals surface area contributed by atoms with Crippen LogP contribution in [-0.4, -0.2) is 29.7 Å². The molecule has 0 bridgehead atoms. The molecular formula is C15H25N3O. The number of rotatable bonds is 3. The third-order valence-corrected chi connectivity index (χ3v) is 3.57. The van der Waals surface area contributed by atoms with Gasteiger partial charge in [-0.05, 0) is 19.4 Å². The number of nitrogens with one attached hydrogen (secondary N) is 1. The largest absolute Gasteiger partial charge is 0.481 e. The molecule has 1 saturated heterocycles. The van der Waals surface area contributed by atoms with Crippen LogP contribution in [0.25, 0.3) is 0 Å². The van der Waals surface area contributed by atoms with Gasteiger partial charge in [0.25, 0.3) is 0 Å². The maximum Gasteiger partial charge on any atom is 0.216 e. The number of aromatic nitrogens is 2. The highest BCUT2D eigenvalue weighted by Crippen LogP contribution is 2.23. The first-order valence-electron chi connectivity index (χ1n) is 7.15. The second-order valence-electron chi connectivity index (χ2n) is 6.31. The van der Waals surface area contributed by atoms with Crippen LogP contribution in [0.15, 0.2) is 6.07 Å². The monoisotopic (exact) mass is 263 g/mol. The summed E-state index contributed by atoms with van der Waals surface area (Å²) in [6.07, 6.45) is 4.68. The van der Waals surface area contributed by atoms with E-state index in [1.54, 1.807) is 7.11 Å². The molecule has 4 heteroatoms. The molecule has 1 unspecified atom stereocenters. The predicted octanol–water partition coefficient (Wildman–Crippen LogP) is 2.47. The maximum atomic E-state index is 5.31. The van der Waals surface area contributed by atoms with Crippen molar-refractivity contribution in [2.75, 3.05) is 13.7 Å². The molecule has 1 aliphatic rings. The Morgan fingerprint density at radius 1 is 1.32 bits per heavy atom. The van der Waals surface area contributed by atoms with Gasteiger partial charge in [0.15, 0.2) is 0 Å². The fraction of sp³-hybridized carbons (Fsp3) is 0.733. The van der Waals surface area contributed by atoms with Crippen molar-refractivity contribution in [3.63, 3.8) is 0 Å². The highest BCUT2D eigenvalue weighted by molar-refractivity contribution is 5.22. The van der Waals surface area contributed by atoms with E-state index >= 15 is 0 Å². The third-order valence-electron chi connectivity index (χ3n) is 3.57. The third kappa shape index (κ3) is 3.90. The van der Waals surface area contributed by atoms with Crippen LogP contribution in [0.2, 0.25) is 0 Å². The number of hydrogen-bond donors (Lipinski definition) is 1. The van der Waals surface area contributed by atoms with E-state index in [0.717, 1.165) is 24.5 Å². The van der Waals surface area contributed by atoms with Crippen LogP contribution in [0.5, 0.6) is 5.88 Å². The number of piperidine rings is 1. The Labute approximate surface area is 116 Å². The normalized spacial score (nSPS) is 20.3. The minimum absolute atomic E-state index is 0.0188. The highest BCUT2D eigenvalue weighted by Gasteiger charge is 2.20. The zero-order valence-electron chi connectivity index (χ0n) is 12.5. The van der Waals surface area contributed by atoms with Crippen molar-refractivity contribution in [2.45, 2.75) is 57.9 Å². The predicted molar refractivity (Wildman–Crippen MR) is 76.6 cm³/mol. The smallest absolute Gasteiger partial charge is 0.216 e. The lowest BCUT2D eigenvalue weighted by Gasteiger charge is -2.24. The van der Waals surface area contributed by atoms with Gasteiger partial charge in [-0.2, -0.15) is 4.98 Å². The maximum absolute atomic E-state index is 5.31. The second kappa shape index (κ2) is 5.87. The van der Waals surface area contributed by atoms with Crippen LogP contribution >= 0.6 is 0 Å². The molecular weight excluding hydrogens is 238 g/mol. The summed E-state index contributed by atoms with van der Waals surface area (Å²) in [4.78, 5) is 9.20. The van der Waals surface area contributed by atoms with Gasteiger partial charge in [-0.25, -0.2) is 4.98 Å². The van der Waals surface area contributed by atoms with E-state index < -0.39 is 0 Å². The molecule has 1 aromatic rings. The molecule has 4 nitrogen and oxygen atoms in total. The first-order chi connectivity index (χ1) is 8.99. The molecule has 0 saturated carbocycles. The standard InChI is InChI=1S/C15H25N3O/c1-15(2,3)12-10-14(19-4)18-13(17-12)9-11-7-5-6-8-16-11/h10-11,16H,5-9H2,1-4H3. The van der Waals surface area contributed by atoms with Crippen molar-refractivity contribution in [3.05, 3.63) is 17.6 Å². The van der Waals surface area contributed by atoms with E-state index in [1.807, 2.05) is 6.07 Å². The zero-order chi connectivity index (χ0) is 13.9. The van der Waals surface area contributed by atoms with Gasteiger partial charge in [-0.15, -0.1) is 0 Å². The lowest BCUT2D eigenvalue weighted by atomic mass is 9.92. The summed E-state index contributed by atoms with van der Waals surface area (Å²) in [7, 11) is 1.66. The van der Waals surface area contributed by atoms with Crippen LogP contribution in [0.4, 0.5) is 0 Å². The molecule has 2 rings (SSSR count). The molecule has 1 aromatic heterocycles. The molecule has 106 valence electrons. The second-order valence-corrected chi connectivity index (χ2v) is 6.31. The van der Waals surface area contributed by atoms with Crippen molar-refractivity contribution in [1.82, 2.24) is 15.3 Å². The van der Waals surface area contributed by atoms with Crippen LogP contribution in [0.1, 0.15) is 51.6 Å². The summed E-state index contributed by atoms with van der Waals surface area (Å²) in [5, 5.41) is 3.54. The summed E-state index contributed by atoms with van der Waals surface area (Å²) in [5.74, 6) is 1.56. The Hall–Kier alpha value is -1.16. The molecule has 0 spiro atoms. The number of hydrogen-bond acceptors (Lipinski definition) is 4. The molecule has 1 N–H and O–H groups in total. The first kappa shape index (κ1) is 14.3. The molecule has 0 aliphatic carbocycles. The molecule has 0 radical (unpaired) electrons. The fourth-order valence-corrected chi connectivity index (χ4v) is 2.37. The van der Waals surface area contributed by atoms with E-state index in [2.05, 4.69) is 31.1 Å². The number of nitrogens with zero attached hydrogens (tertiary/aromatic N) is 2. The van der Waals surface area contributed by atoms with Gasteiger partial charge >= 0.3 is 0 Å². The average Bonchev–Trinajstić information content (AvgIpc) is 2.38. The molecule has 1 fully saturated rings. The molecule has 19 heavy (non-hydrogen) atoms. The van der Waals surface area contributed by atoms with Crippen LogP contribution in [0.3, 0.4) is 0 Å². The minimum atomic E-state index is 0.0188. The summed E-state index contributed by atoms with van der Waals surface area (Å²) >= 11 is 0. The van der Waals surface area contributed by atoms with E-state index in [0.29, 0.717) is 11.9 Å². The average molecular weight is 263 g/mol.